The topological polar surface area (TPSA) is 132 Å². The Morgan fingerprint density at radius 1 is 1.31 bits per heavy atom. The maximum Gasteiger partial charge on any atom is 0.348 e. The molecule has 35 heavy (non-hydrogen) atoms. The number of ether oxygens (including phenoxy) is 2. The Labute approximate surface area is 199 Å². The van der Waals surface area contributed by atoms with Gasteiger partial charge >= 0.3 is 11.9 Å². The van der Waals surface area contributed by atoms with Gasteiger partial charge in [0.2, 0.25) is 0 Å². The molecule has 0 fully saturated rings. The first-order valence-electron chi connectivity index (χ1n) is 11.2. The second-order valence-electron chi connectivity index (χ2n) is 8.36. The Bertz CT molecular complexity index is 1560. The van der Waals surface area contributed by atoms with Crippen molar-refractivity contribution in [3.63, 3.8) is 0 Å². The summed E-state index contributed by atoms with van der Waals surface area (Å²) in [5.41, 5.74) is 0.695. The van der Waals surface area contributed by atoms with Crippen LogP contribution >= 0.6 is 0 Å². The molecule has 1 N–H and O–H groups in total. The van der Waals surface area contributed by atoms with Crippen molar-refractivity contribution < 1.29 is 24.2 Å². The number of pyridine rings is 2. The van der Waals surface area contributed by atoms with Crippen molar-refractivity contribution in [2.75, 3.05) is 6.61 Å². The largest absolute Gasteiger partial charge is 0.462 e. The molecule has 0 aliphatic carbocycles. The quantitative estimate of drug-likeness (QED) is 0.273. The van der Waals surface area contributed by atoms with Crippen LogP contribution in [0.1, 0.15) is 42.5 Å². The van der Waals surface area contributed by atoms with Gasteiger partial charge in [-0.05, 0) is 37.1 Å². The number of carbonyl (C=O) groups excluding carboxylic acids is 2. The maximum atomic E-state index is 13.5. The van der Waals surface area contributed by atoms with Crippen LogP contribution in [-0.4, -0.2) is 33.2 Å². The van der Waals surface area contributed by atoms with Crippen LogP contribution in [0.2, 0.25) is 0 Å². The number of hydrogen-bond acceptors (Lipinski definition) is 8. The summed E-state index contributed by atoms with van der Waals surface area (Å²) >= 11 is 0. The van der Waals surface area contributed by atoms with E-state index in [9.17, 15) is 24.8 Å². The fourth-order valence-electron chi connectivity index (χ4n) is 4.71. The van der Waals surface area contributed by atoms with Crippen molar-refractivity contribution in [3.8, 4) is 17.5 Å². The number of nitriles is 1. The second-order valence-corrected chi connectivity index (χ2v) is 8.36. The van der Waals surface area contributed by atoms with E-state index in [-0.39, 0.29) is 48.4 Å². The Morgan fingerprint density at radius 2 is 2.09 bits per heavy atom. The average molecular weight is 471 g/mol. The third-order valence-corrected chi connectivity index (χ3v) is 6.54. The molecule has 0 saturated carbocycles. The zero-order valence-electron chi connectivity index (χ0n) is 19.1. The summed E-state index contributed by atoms with van der Waals surface area (Å²) in [6.07, 6.45) is 1.51. The van der Waals surface area contributed by atoms with E-state index in [0.717, 1.165) is 0 Å². The number of carbonyl (C=O) groups is 2. The monoisotopic (exact) mass is 471 g/mol. The molecule has 2 aliphatic rings. The summed E-state index contributed by atoms with van der Waals surface area (Å²) in [5, 5.41) is 21.4. The van der Waals surface area contributed by atoms with Gasteiger partial charge < -0.3 is 19.1 Å². The lowest BCUT2D eigenvalue weighted by Gasteiger charge is -2.31. The molecule has 176 valence electrons. The van der Waals surface area contributed by atoms with Crippen molar-refractivity contribution >= 4 is 28.9 Å². The molecule has 0 bridgehead atoms. The summed E-state index contributed by atoms with van der Waals surface area (Å²) in [7, 11) is 0. The molecule has 0 saturated heterocycles. The van der Waals surface area contributed by atoms with Crippen molar-refractivity contribution in [2.45, 2.75) is 39.0 Å². The third-order valence-electron chi connectivity index (χ3n) is 6.54. The van der Waals surface area contributed by atoms with Gasteiger partial charge in [-0.25, -0.2) is 14.6 Å². The standard InChI is InChI=1S/C26H21N3O6/c1-3-26(33)19-10-21-22-17(12-29(21)23(30)18(19)13-35-25(26)32)16(9-14(11-27)24(31)34-4-2)15-7-5-6-8-20(15)28-22/h5-10,33H,3-4,12-13H2,1-2H3/b14-9+. The van der Waals surface area contributed by atoms with E-state index in [0.29, 0.717) is 33.4 Å². The number of nitrogens with zero attached hydrogens (tertiary/aromatic N) is 3. The normalized spacial score (nSPS) is 18.3. The van der Waals surface area contributed by atoms with E-state index in [2.05, 4.69) is 0 Å². The van der Waals surface area contributed by atoms with Crippen LogP contribution in [0.3, 0.4) is 0 Å². The van der Waals surface area contributed by atoms with Gasteiger partial charge in [-0.1, -0.05) is 25.1 Å². The van der Waals surface area contributed by atoms with E-state index < -0.39 is 17.5 Å². The molecule has 0 amide bonds. The number of para-hydroxylation sites is 1. The highest BCUT2D eigenvalue weighted by atomic mass is 16.6. The van der Waals surface area contributed by atoms with Crippen LogP contribution in [0.25, 0.3) is 28.4 Å². The van der Waals surface area contributed by atoms with Gasteiger partial charge in [0.25, 0.3) is 5.56 Å². The van der Waals surface area contributed by atoms with Crippen LogP contribution in [0.4, 0.5) is 0 Å². The Balaban J connectivity index is 1.80. The van der Waals surface area contributed by atoms with E-state index in [1.54, 1.807) is 26.0 Å². The van der Waals surface area contributed by atoms with E-state index in [4.69, 9.17) is 14.5 Å². The average Bonchev–Trinajstić information content (AvgIpc) is 3.23. The zero-order valence-corrected chi connectivity index (χ0v) is 19.1. The number of aliphatic hydroxyl groups is 1. The minimum atomic E-state index is -1.93. The Morgan fingerprint density at radius 3 is 2.80 bits per heavy atom. The summed E-state index contributed by atoms with van der Waals surface area (Å²) in [4.78, 5) is 42.9. The summed E-state index contributed by atoms with van der Waals surface area (Å²) < 4.78 is 11.6. The van der Waals surface area contributed by atoms with Gasteiger partial charge in [0.05, 0.1) is 35.6 Å². The van der Waals surface area contributed by atoms with Gasteiger partial charge in [0, 0.05) is 16.5 Å². The number of benzene rings is 1. The molecule has 1 unspecified atom stereocenters. The minimum absolute atomic E-state index is 0.0405. The third kappa shape index (κ3) is 3.26. The molecule has 2 aliphatic heterocycles. The molecule has 1 aromatic carbocycles. The molecule has 0 spiro atoms. The van der Waals surface area contributed by atoms with Crippen LogP contribution < -0.4 is 5.56 Å². The SMILES string of the molecule is CCOC(=O)/C(C#N)=C/c1c2c(nc3ccccc13)-c1cc3c(c(=O)n1C2)COC(=O)C3(O)CC. The number of esters is 2. The summed E-state index contributed by atoms with van der Waals surface area (Å²) in [6, 6.07) is 10.8. The number of cyclic esters (lactones) is 1. The van der Waals surface area contributed by atoms with Crippen LogP contribution in [-0.2, 0) is 37.8 Å². The van der Waals surface area contributed by atoms with E-state index in [1.807, 2.05) is 24.3 Å². The first-order chi connectivity index (χ1) is 16.8. The Kier molecular flexibility index (Phi) is 5.26. The predicted molar refractivity (Wildman–Crippen MR) is 125 cm³/mol. The first-order valence-corrected chi connectivity index (χ1v) is 11.2. The smallest absolute Gasteiger partial charge is 0.348 e. The van der Waals surface area contributed by atoms with Crippen molar-refractivity contribution in [2.24, 2.45) is 0 Å². The molecule has 5 rings (SSSR count). The van der Waals surface area contributed by atoms with Gasteiger partial charge in [-0.3, -0.25) is 4.79 Å². The minimum Gasteiger partial charge on any atom is -0.462 e. The van der Waals surface area contributed by atoms with Crippen LogP contribution in [0.15, 0.2) is 40.7 Å². The van der Waals surface area contributed by atoms with Crippen molar-refractivity contribution in [3.05, 3.63) is 68.5 Å². The highest BCUT2D eigenvalue weighted by Crippen LogP contribution is 2.40. The molecular formula is C26H21N3O6. The molecule has 9 nitrogen and oxygen atoms in total. The lowest BCUT2D eigenvalue weighted by molar-refractivity contribution is -0.172. The highest BCUT2D eigenvalue weighted by molar-refractivity contribution is 6.02. The fraction of sp³-hybridized carbons (Fsp3) is 0.269. The molecule has 3 aromatic rings. The summed E-state index contributed by atoms with van der Waals surface area (Å²) in [6.45, 7) is 3.34. The van der Waals surface area contributed by atoms with Gasteiger partial charge in [-0.2, -0.15) is 5.26 Å². The molecule has 2 aromatic heterocycles. The molecule has 1 atom stereocenters. The first kappa shape index (κ1) is 22.5. The Hall–Kier alpha value is -4.29. The zero-order chi connectivity index (χ0) is 24.9. The van der Waals surface area contributed by atoms with Gasteiger partial charge in [0.1, 0.15) is 18.2 Å². The number of rotatable bonds is 4. The predicted octanol–water partition coefficient (Wildman–Crippen LogP) is 2.55. The van der Waals surface area contributed by atoms with Gasteiger partial charge in [-0.15, -0.1) is 0 Å². The molecular weight excluding hydrogens is 450 g/mol. The number of hydrogen-bond donors (Lipinski definition) is 1. The van der Waals surface area contributed by atoms with Crippen LogP contribution in [0.5, 0.6) is 0 Å². The number of aromatic nitrogens is 2. The lowest BCUT2D eigenvalue weighted by atomic mass is 9.86. The van der Waals surface area contributed by atoms with E-state index in [1.165, 1.54) is 10.6 Å². The second kappa shape index (κ2) is 8.18. The maximum absolute atomic E-state index is 13.5. The van der Waals surface area contributed by atoms with E-state index >= 15 is 0 Å². The van der Waals surface area contributed by atoms with Crippen molar-refractivity contribution in [1.82, 2.24) is 9.55 Å². The van der Waals surface area contributed by atoms with Crippen LogP contribution in [0, 0.1) is 11.3 Å². The van der Waals surface area contributed by atoms with Crippen molar-refractivity contribution in [1.29, 1.82) is 5.26 Å². The molecule has 4 heterocycles. The fourth-order valence-corrected chi connectivity index (χ4v) is 4.71. The number of fused-ring (bicyclic) bond motifs is 5. The highest BCUT2D eigenvalue weighted by Gasteiger charge is 2.45. The molecule has 9 heteroatoms. The summed E-state index contributed by atoms with van der Waals surface area (Å²) in [5.74, 6) is -1.53. The van der Waals surface area contributed by atoms with Gasteiger partial charge in [0.15, 0.2) is 5.60 Å². The molecule has 0 radical (unpaired) electrons. The lowest BCUT2D eigenvalue weighted by Crippen LogP contribution is -2.44.